The first-order valence-corrected chi connectivity index (χ1v) is 11.4. The second-order valence-corrected chi connectivity index (χ2v) is 8.69. The molecule has 1 aliphatic heterocycles. The average Bonchev–Trinajstić information content (AvgIpc) is 3.45. The molecule has 168 valence electrons. The predicted molar refractivity (Wildman–Crippen MR) is 129 cm³/mol. The summed E-state index contributed by atoms with van der Waals surface area (Å²) >= 11 is 0. The number of aromatic nitrogens is 1. The minimum Gasteiger partial charge on any atom is -0.451 e. The molecule has 2 aromatic carbocycles. The number of fused-ring (bicyclic) bond motifs is 2. The summed E-state index contributed by atoms with van der Waals surface area (Å²) in [5.41, 5.74) is 10.2. The van der Waals surface area contributed by atoms with Crippen LogP contribution < -0.4 is 10.6 Å². The molecule has 0 saturated carbocycles. The molecular formula is C26H27N5O2. The number of carbonyl (C=O) groups excluding carboxylic acids is 1. The molecule has 7 heteroatoms. The third-order valence-electron chi connectivity index (χ3n) is 6.46. The molecule has 1 amide bonds. The number of nitriles is 1. The van der Waals surface area contributed by atoms with Crippen molar-refractivity contribution in [3.05, 3.63) is 65.5 Å². The standard InChI is InChI=1S/C26H27N5O2/c27-17-18-4-6-23-19(13-18)14-21(29-23)3-1-2-8-30-9-11-31(12-10-30)22-5-7-24-20(15-22)16-25(33-24)26(28)32/h4-7,13-16,29H,1-3,8-12H2,(H2,28,32). The van der Waals surface area contributed by atoms with E-state index in [9.17, 15) is 4.79 Å². The van der Waals surface area contributed by atoms with Crippen LogP contribution in [0, 0.1) is 11.3 Å². The lowest BCUT2D eigenvalue weighted by atomic mass is 10.1. The van der Waals surface area contributed by atoms with Crippen molar-refractivity contribution in [1.82, 2.24) is 9.88 Å². The summed E-state index contributed by atoms with van der Waals surface area (Å²) in [5, 5.41) is 11.1. The predicted octanol–water partition coefficient (Wildman–Crippen LogP) is 4.03. The summed E-state index contributed by atoms with van der Waals surface area (Å²) in [7, 11) is 0. The Morgan fingerprint density at radius 3 is 2.67 bits per heavy atom. The van der Waals surface area contributed by atoms with Crippen LogP contribution in [0.3, 0.4) is 0 Å². The lowest BCUT2D eigenvalue weighted by Gasteiger charge is -2.36. The number of rotatable bonds is 7. The van der Waals surface area contributed by atoms with Crippen LogP contribution in [0.2, 0.25) is 0 Å². The van der Waals surface area contributed by atoms with Crippen LogP contribution in [0.4, 0.5) is 5.69 Å². The maximum Gasteiger partial charge on any atom is 0.284 e. The fourth-order valence-electron chi connectivity index (χ4n) is 4.63. The number of furan rings is 1. The van der Waals surface area contributed by atoms with E-state index < -0.39 is 5.91 Å². The Morgan fingerprint density at radius 2 is 1.88 bits per heavy atom. The molecule has 0 spiro atoms. The molecule has 2 aromatic heterocycles. The average molecular weight is 442 g/mol. The first kappa shape index (κ1) is 21.1. The Hall–Kier alpha value is -3.76. The van der Waals surface area contributed by atoms with Crippen LogP contribution in [-0.4, -0.2) is 48.5 Å². The smallest absolute Gasteiger partial charge is 0.284 e. The van der Waals surface area contributed by atoms with Crippen molar-refractivity contribution in [3.63, 3.8) is 0 Å². The monoisotopic (exact) mass is 441 g/mol. The zero-order valence-corrected chi connectivity index (χ0v) is 18.5. The number of anilines is 1. The van der Waals surface area contributed by atoms with Crippen LogP contribution in [0.25, 0.3) is 21.9 Å². The summed E-state index contributed by atoms with van der Waals surface area (Å²) in [4.78, 5) is 19.7. The number of H-pyrrole nitrogens is 1. The number of carbonyl (C=O) groups is 1. The Bertz CT molecular complexity index is 1340. The SMILES string of the molecule is N#Cc1ccc2[nH]c(CCCCN3CCN(c4ccc5oc(C(N)=O)cc5c4)CC3)cc2c1. The summed E-state index contributed by atoms with van der Waals surface area (Å²) in [5.74, 6) is -0.342. The topological polar surface area (TPSA) is 102 Å². The highest BCUT2D eigenvalue weighted by Crippen LogP contribution is 2.26. The molecule has 0 atom stereocenters. The molecule has 7 nitrogen and oxygen atoms in total. The van der Waals surface area contributed by atoms with Crippen molar-refractivity contribution in [3.8, 4) is 6.07 Å². The van der Waals surface area contributed by atoms with Gasteiger partial charge in [0.15, 0.2) is 5.76 Å². The molecule has 3 N–H and O–H groups in total. The van der Waals surface area contributed by atoms with Crippen LogP contribution in [-0.2, 0) is 6.42 Å². The number of primary amides is 1. The van der Waals surface area contributed by atoms with Crippen molar-refractivity contribution in [1.29, 1.82) is 5.26 Å². The number of nitrogens with zero attached hydrogens (tertiary/aromatic N) is 3. The third kappa shape index (κ3) is 4.57. The number of nitrogens with one attached hydrogen (secondary N) is 1. The number of hydrogen-bond donors (Lipinski definition) is 2. The number of aryl methyl sites for hydroxylation is 1. The Balaban J connectivity index is 1.09. The molecule has 5 rings (SSSR count). The first-order valence-electron chi connectivity index (χ1n) is 11.4. The van der Waals surface area contributed by atoms with Crippen molar-refractivity contribution in [2.45, 2.75) is 19.3 Å². The van der Waals surface area contributed by atoms with Gasteiger partial charge in [0.1, 0.15) is 5.58 Å². The van der Waals surface area contributed by atoms with Crippen molar-refractivity contribution < 1.29 is 9.21 Å². The highest BCUT2D eigenvalue weighted by Gasteiger charge is 2.18. The summed E-state index contributed by atoms with van der Waals surface area (Å²) in [6.07, 6.45) is 3.32. The maximum absolute atomic E-state index is 11.3. The lowest BCUT2D eigenvalue weighted by Crippen LogP contribution is -2.46. The molecule has 4 aromatic rings. The quantitative estimate of drug-likeness (QED) is 0.422. The Labute approximate surface area is 192 Å². The Morgan fingerprint density at radius 1 is 1.03 bits per heavy atom. The largest absolute Gasteiger partial charge is 0.451 e. The number of amides is 1. The van der Waals surface area contributed by atoms with Crippen molar-refractivity contribution in [2.24, 2.45) is 5.73 Å². The number of nitrogens with two attached hydrogens (primary N) is 1. The number of unbranched alkanes of at least 4 members (excludes halogenated alkanes) is 1. The van der Waals surface area contributed by atoms with E-state index in [-0.39, 0.29) is 5.76 Å². The van der Waals surface area contributed by atoms with E-state index in [1.54, 1.807) is 6.07 Å². The van der Waals surface area contributed by atoms with Gasteiger partial charge in [0.25, 0.3) is 5.91 Å². The third-order valence-corrected chi connectivity index (χ3v) is 6.46. The van der Waals surface area contributed by atoms with Gasteiger partial charge in [-0.15, -0.1) is 0 Å². The number of piperazine rings is 1. The Kier molecular flexibility index (Phi) is 5.76. The van der Waals surface area contributed by atoms with E-state index in [0.717, 1.165) is 74.0 Å². The normalized spacial score (nSPS) is 14.7. The molecule has 0 aliphatic carbocycles. The van der Waals surface area contributed by atoms with Gasteiger partial charge in [-0.1, -0.05) is 0 Å². The van der Waals surface area contributed by atoms with Gasteiger partial charge in [0.2, 0.25) is 0 Å². The van der Waals surface area contributed by atoms with Crippen LogP contribution in [0.1, 0.15) is 34.7 Å². The maximum atomic E-state index is 11.3. The van der Waals surface area contributed by atoms with Crippen molar-refractivity contribution in [2.75, 3.05) is 37.6 Å². The molecule has 1 aliphatic rings. The van der Waals surface area contributed by atoms with Gasteiger partial charge in [0.05, 0.1) is 11.6 Å². The minimum absolute atomic E-state index is 0.200. The van der Waals surface area contributed by atoms with E-state index in [4.69, 9.17) is 15.4 Å². The van der Waals surface area contributed by atoms with Gasteiger partial charge < -0.3 is 20.0 Å². The summed E-state index contributed by atoms with van der Waals surface area (Å²) < 4.78 is 5.49. The van der Waals surface area contributed by atoms with Gasteiger partial charge in [-0.3, -0.25) is 9.69 Å². The number of aromatic amines is 1. The fraction of sp³-hybridized carbons (Fsp3) is 0.308. The molecule has 1 saturated heterocycles. The minimum atomic E-state index is -0.543. The highest BCUT2D eigenvalue weighted by molar-refractivity contribution is 5.95. The summed E-state index contributed by atoms with van der Waals surface area (Å²) in [6.45, 7) is 5.15. The zero-order chi connectivity index (χ0) is 22.8. The van der Waals surface area contributed by atoms with Crippen LogP contribution in [0.5, 0.6) is 0 Å². The van der Waals surface area contributed by atoms with E-state index in [0.29, 0.717) is 11.1 Å². The van der Waals surface area contributed by atoms with Gasteiger partial charge in [-0.05, 0) is 74.3 Å². The van der Waals surface area contributed by atoms with Crippen LogP contribution >= 0.6 is 0 Å². The molecule has 0 bridgehead atoms. The van der Waals surface area contributed by atoms with Gasteiger partial charge in [-0.25, -0.2) is 0 Å². The first-order chi connectivity index (χ1) is 16.1. The second kappa shape index (κ2) is 9.00. The van der Waals surface area contributed by atoms with E-state index in [1.165, 1.54) is 5.69 Å². The van der Waals surface area contributed by atoms with Gasteiger partial charge >= 0.3 is 0 Å². The van der Waals surface area contributed by atoms with Crippen molar-refractivity contribution >= 4 is 33.5 Å². The molecule has 3 heterocycles. The molecule has 1 fully saturated rings. The zero-order valence-electron chi connectivity index (χ0n) is 18.5. The van der Waals surface area contributed by atoms with Gasteiger partial charge in [-0.2, -0.15) is 5.26 Å². The lowest BCUT2D eigenvalue weighted by molar-refractivity contribution is 0.0976. The molecule has 0 radical (unpaired) electrons. The summed E-state index contributed by atoms with van der Waals surface area (Å²) in [6, 6.07) is 17.9. The van der Waals surface area contributed by atoms with Crippen LogP contribution in [0.15, 0.2) is 52.9 Å². The molecular weight excluding hydrogens is 414 g/mol. The van der Waals surface area contributed by atoms with E-state index in [1.807, 2.05) is 30.3 Å². The van der Waals surface area contributed by atoms with E-state index in [2.05, 4.69) is 33.0 Å². The second-order valence-electron chi connectivity index (χ2n) is 8.69. The number of benzene rings is 2. The molecule has 33 heavy (non-hydrogen) atoms. The fourth-order valence-corrected chi connectivity index (χ4v) is 4.63. The highest BCUT2D eigenvalue weighted by atomic mass is 16.3. The number of hydrogen-bond acceptors (Lipinski definition) is 5. The van der Waals surface area contributed by atoms with Gasteiger partial charge in [0, 0.05) is 53.8 Å². The molecule has 0 unspecified atom stereocenters. The van der Waals surface area contributed by atoms with E-state index >= 15 is 0 Å².